The first-order valence-electron chi connectivity index (χ1n) is 27.0. The molecule has 9 aromatic carbocycles. The summed E-state index contributed by atoms with van der Waals surface area (Å²) in [7, 11) is -2.64. The second-order valence-electron chi connectivity index (χ2n) is 24.6. The van der Waals surface area contributed by atoms with Gasteiger partial charge in [-0.2, -0.15) is 0 Å². The fraction of sp³-hybridized carbons (Fsp3) is 0.229. The predicted molar refractivity (Wildman–Crippen MR) is 329 cm³/mol. The number of furan rings is 1. The quantitative estimate of drug-likeness (QED) is 0.127. The maximum Gasteiger partial charge on any atom is 0.145 e. The van der Waals surface area contributed by atoms with Gasteiger partial charge in [-0.05, 0) is 136 Å². The molecule has 1 aliphatic carbocycles. The topological polar surface area (TPSA) is 19.6 Å². The van der Waals surface area contributed by atoms with Crippen molar-refractivity contribution in [2.75, 3.05) is 9.80 Å². The molecule has 0 saturated carbocycles. The second-order valence-corrected chi connectivity index (χ2v) is 32.7. The Labute approximate surface area is 449 Å². The molecule has 0 aliphatic heterocycles. The fourth-order valence-electron chi connectivity index (χ4n) is 11.6. The number of nitrogens with zero attached hydrogens (tertiary/aromatic N) is 2. The van der Waals surface area contributed by atoms with Gasteiger partial charge >= 0.3 is 0 Å². The van der Waals surface area contributed by atoms with Crippen molar-refractivity contribution in [3.05, 3.63) is 239 Å². The van der Waals surface area contributed by atoms with Crippen molar-refractivity contribution < 1.29 is 4.42 Å². The highest BCUT2D eigenvalue weighted by Crippen LogP contribution is 2.62. The van der Waals surface area contributed by atoms with E-state index in [1.165, 1.54) is 60.4 Å². The Kier molecular flexibility index (Phi) is 12.4. The summed E-state index contributed by atoms with van der Waals surface area (Å²) in [6, 6.07) is 74.4. The molecule has 3 nitrogen and oxygen atoms in total. The minimum Gasteiger partial charge on any atom is -0.455 e. The Bertz CT molecular complexity index is 3610. The molecule has 1 aliphatic rings. The molecule has 0 fully saturated rings. The third kappa shape index (κ3) is 8.78. The van der Waals surface area contributed by atoms with Crippen LogP contribution in [0.15, 0.2) is 199 Å². The third-order valence-corrected chi connectivity index (χ3v) is 19.8. The van der Waals surface area contributed by atoms with Gasteiger partial charge in [0, 0.05) is 39.4 Å². The van der Waals surface area contributed by atoms with Crippen LogP contribution in [0.5, 0.6) is 0 Å². The molecule has 0 saturated heterocycles. The Morgan fingerprint density at radius 1 is 0.480 bits per heavy atom. The van der Waals surface area contributed by atoms with Crippen LogP contribution in [0, 0.1) is 13.8 Å². The summed E-state index contributed by atoms with van der Waals surface area (Å²) in [4.78, 5) is 4.97. The molecule has 0 unspecified atom stereocenters. The van der Waals surface area contributed by atoms with Crippen LogP contribution >= 0.6 is 0 Å². The largest absolute Gasteiger partial charge is 0.455 e. The van der Waals surface area contributed by atoms with Crippen molar-refractivity contribution in [2.45, 2.75) is 104 Å². The van der Waals surface area contributed by atoms with Crippen LogP contribution < -0.4 is 20.2 Å². The lowest BCUT2D eigenvalue weighted by atomic mass is 9.67. The van der Waals surface area contributed by atoms with Crippen LogP contribution in [0.2, 0.25) is 32.7 Å². The third-order valence-electron chi connectivity index (χ3n) is 16.0. The van der Waals surface area contributed by atoms with Crippen LogP contribution in [0.1, 0.15) is 86.1 Å². The Hall–Kier alpha value is -7.19. The van der Waals surface area contributed by atoms with Crippen LogP contribution in [0.25, 0.3) is 33.1 Å². The minimum atomic E-state index is -1.61. The van der Waals surface area contributed by atoms with Crippen molar-refractivity contribution >= 4 is 83.3 Å². The van der Waals surface area contributed by atoms with E-state index < -0.39 is 22.3 Å². The second kappa shape index (κ2) is 18.6. The average Bonchev–Trinajstić information content (AvgIpc) is 4.00. The minimum absolute atomic E-state index is 0.000788. The van der Waals surface area contributed by atoms with Gasteiger partial charge in [0.2, 0.25) is 0 Å². The number of rotatable bonds is 10. The van der Waals surface area contributed by atoms with Crippen molar-refractivity contribution in [1.29, 1.82) is 0 Å². The van der Waals surface area contributed by atoms with Gasteiger partial charge in [0.15, 0.2) is 0 Å². The van der Waals surface area contributed by atoms with E-state index in [1.807, 2.05) is 0 Å². The number of fused-ring (bicyclic) bond motifs is 7. The summed E-state index contributed by atoms with van der Waals surface area (Å²) in [5.74, 6) is 0. The van der Waals surface area contributed by atoms with Gasteiger partial charge in [-0.3, -0.25) is 0 Å². The number of para-hydroxylation sites is 1. The highest BCUT2D eigenvalue weighted by Gasteiger charge is 2.49. The van der Waals surface area contributed by atoms with Gasteiger partial charge in [0.25, 0.3) is 0 Å². The first-order valence-corrected chi connectivity index (χ1v) is 33.4. The first kappa shape index (κ1) is 50.0. The molecule has 0 spiro atoms. The molecule has 376 valence electrons. The smallest absolute Gasteiger partial charge is 0.145 e. The molecule has 11 rings (SSSR count). The van der Waals surface area contributed by atoms with Gasteiger partial charge in [-0.25, -0.2) is 0 Å². The molecule has 5 heteroatoms. The Morgan fingerprint density at radius 2 is 0.947 bits per heavy atom. The van der Waals surface area contributed by atoms with Gasteiger partial charge < -0.3 is 14.2 Å². The molecule has 0 bridgehead atoms. The Morgan fingerprint density at radius 3 is 1.44 bits per heavy atom. The van der Waals surface area contributed by atoms with Crippen LogP contribution in [-0.4, -0.2) is 16.9 Å². The number of hydrogen-bond donors (Lipinski definition) is 0. The zero-order valence-electron chi connectivity index (χ0n) is 46.4. The average molecular weight is 1010 g/mol. The van der Waals surface area contributed by atoms with E-state index in [2.05, 4.69) is 292 Å². The zero-order chi connectivity index (χ0) is 52.8. The maximum atomic E-state index is 7.40. The van der Waals surface area contributed by atoms with Crippen LogP contribution in [-0.2, 0) is 16.2 Å². The van der Waals surface area contributed by atoms with Crippen molar-refractivity contribution in [3.63, 3.8) is 0 Å². The zero-order valence-corrected chi connectivity index (χ0v) is 48.5. The van der Waals surface area contributed by atoms with Crippen LogP contribution in [0.4, 0.5) is 34.1 Å². The lowest BCUT2D eigenvalue weighted by molar-refractivity contribution is 0.590. The number of anilines is 6. The molecule has 0 radical (unpaired) electrons. The number of benzene rings is 9. The predicted octanol–water partition coefficient (Wildman–Crippen LogP) is 18.3. The number of hydrogen-bond acceptors (Lipinski definition) is 3. The lowest BCUT2D eigenvalue weighted by Crippen LogP contribution is -2.37. The molecule has 1 heterocycles. The van der Waals surface area contributed by atoms with E-state index in [4.69, 9.17) is 4.42 Å². The van der Waals surface area contributed by atoms with Gasteiger partial charge in [0.05, 0.1) is 33.4 Å². The molecule has 0 atom stereocenters. The summed E-state index contributed by atoms with van der Waals surface area (Å²) in [5, 5.41) is 5.09. The monoisotopic (exact) mass is 1010 g/mol. The van der Waals surface area contributed by atoms with Crippen molar-refractivity contribution in [3.8, 4) is 11.1 Å². The maximum absolute atomic E-state index is 7.40. The van der Waals surface area contributed by atoms with Gasteiger partial charge in [-0.15, -0.1) is 0 Å². The van der Waals surface area contributed by atoms with Crippen LogP contribution in [0.3, 0.4) is 0 Å². The molecule has 0 N–H and O–H groups in total. The molecule has 10 aromatic rings. The van der Waals surface area contributed by atoms with Crippen molar-refractivity contribution in [2.24, 2.45) is 0 Å². The van der Waals surface area contributed by atoms with E-state index >= 15 is 0 Å². The Balaban J connectivity index is 1.26. The van der Waals surface area contributed by atoms with Crippen molar-refractivity contribution in [1.82, 2.24) is 0 Å². The highest BCUT2D eigenvalue weighted by atomic mass is 28.3. The summed E-state index contributed by atoms with van der Waals surface area (Å²) >= 11 is 0. The van der Waals surface area contributed by atoms with E-state index in [1.54, 1.807) is 0 Å². The van der Waals surface area contributed by atoms with Gasteiger partial charge in [0.1, 0.15) is 11.2 Å². The highest BCUT2D eigenvalue weighted by molar-refractivity contribution is 6.88. The van der Waals surface area contributed by atoms with E-state index in [-0.39, 0.29) is 10.8 Å². The standard InChI is InChI=1S/C70H72N2OSi2/c1-46-18-22-50(23-19-46)70(51-24-20-47(2)21-25-51)61-44-56(71(53-34-39-57(40-35-53)74(9)10)52-30-26-48(27-31-52)68(3,4)5)38-43-59(61)65-62(70)45-63(66-60-16-14-15-17-64(60)73-67(65)66)72(54-32-28-49(29-33-54)69(6,7)8)55-36-41-58(42-37-55)75(11,12)13/h14-45,74H,1-13H3. The molecular formula is C70H72N2OSi2. The van der Waals surface area contributed by atoms with E-state index in [0.29, 0.717) is 0 Å². The molecule has 75 heavy (non-hydrogen) atoms. The summed E-state index contributed by atoms with van der Waals surface area (Å²) < 4.78 is 7.40. The normalized spacial score (nSPS) is 13.4. The van der Waals surface area contributed by atoms with E-state index in [9.17, 15) is 0 Å². The molecular weight excluding hydrogens is 941 g/mol. The molecule has 0 amide bonds. The summed E-state index contributed by atoms with van der Waals surface area (Å²) in [6.07, 6.45) is 0. The summed E-state index contributed by atoms with van der Waals surface area (Å²) in [5.41, 5.74) is 19.9. The SMILES string of the molecule is Cc1ccc(C2(c3ccc(C)cc3)c3cc(N(c4ccc([SiH](C)C)cc4)c4ccc(C(C)(C)C)cc4)ccc3-c3c2cc(N(c2ccc(C(C)(C)C)cc2)c2ccc([Si](C)(C)C)cc2)c2c3oc3ccccc32)cc1. The first-order chi connectivity index (χ1) is 35.7. The molecule has 1 aromatic heterocycles. The summed E-state index contributed by atoms with van der Waals surface area (Å²) in [6.45, 7) is 30.2. The van der Waals surface area contributed by atoms with Gasteiger partial charge in [-0.1, -0.05) is 217 Å². The number of aryl methyl sites for hydroxylation is 2. The van der Waals surface area contributed by atoms with E-state index in [0.717, 1.165) is 61.6 Å². The fourth-order valence-corrected chi connectivity index (χ4v) is 13.7. The lowest BCUT2D eigenvalue weighted by Gasteiger charge is -2.36.